The molecule has 0 amide bonds. The van der Waals surface area contributed by atoms with Crippen LogP contribution < -0.4 is 10.6 Å². The molecule has 2 aliphatic rings. The van der Waals surface area contributed by atoms with Crippen molar-refractivity contribution in [3.63, 3.8) is 0 Å². The topological polar surface area (TPSA) is 101 Å². The van der Waals surface area contributed by atoms with Gasteiger partial charge in [-0.05, 0) is 19.1 Å². The zero-order valence-electron chi connectivity index (χ0n) is 18.3. The van der Waals surface area contributed by atoms with Crippen LogP contribution in [0.2, 0.25) is 0 Å². The van der Waals surface area contributed by atoms with E-state index in [0.29, 0.717) is 18.6 Å². The van der Waals surface area contributed by atoms with E-state index >= 15 is 4.39 Å². The van der Waals surface area contributed by atoms with Crippen LogP contribution in [0.3, 0.4) is 0 Å². The number of sulfonamides is 1. The number of nitrogens with two attached hydrogens (primary N) is 1. The zero-order chi connectivity index (χ0) is 23.4. The molecule has 0 spiro atoms. The van der Waals surface area contributed by atoms with Crippen LogP contribution in [0.4, 0.5) is 10.2 Å². The van der Waals surface area contributed by atoms with Crippen molar-refractivity contribution in [1.82, 2.24) is 9.29 Å². The second kappa shape index (κ2) is 7.93. The van der Waals surface area contributed by atoms with E-state index in [9.17, 15) is 8.42 Å². The minimum atomic E-state index is -3.70. The number of guanidine groups is 1. The van der Waals surface area contributed by atoms with Crippen LogP contribution in [0.15, 0.2) is 41.5 Å². The number of thiophene rings is 1. The summed E-state index contributed by atoms with van der Waals surface area (Å²) < 4.78 is 47.8. The number of fused-ring (bicyclic) bond motifs is 1. The molecule has 1 saturated heterocycles. The van der Waals surface area contributed by atoms with Crippen molar-refractivity contribution >= 4 is 43.2 Å². The number of morpholine rings is 1. The zero-order valence-corrected chi connectivity index (χ0v) is 19.9. The Morgan fingerprint density at radius 2 is 1.97 bits per heavy atom. The number of ether oxygens (including phenoxy) is 1. The summed E-state index contributed by atoms with van der Waals surface area (Å²) in [6.45, 7) is 4.55. The third-order valence-corrected chi connectivity index (χ3v) is 9.52. The molecule has 2 aromatic heterocycles. The molecule has 4 heterocycles. The molecule has 0 bridgehead atoms. The minimum absolute atomic E-state index is 0.149. The summed E-state index contributed by atoms with van der Waals surface area (Å²) in [4.78, 5) is 11.4. The average molecular weight is 490 g/mol. The first kappa shape index (κ1) is 22.1. The van der Waals surface area contributed by atoms with E-state index < -0.39 is 21.4 Å². The van der Waals surface area contributed by atoms with Gasteiger partial charge in [0.05, 0.1) is 23.8 Å². The third kappa shape index (κ3) is 3.73. The smallest absolute Gasteiger partial charge is 0.239 e. The SMILES string of the molecule is CN1C(N)=N[C@](C)(c2sc3c(-c4ccc(N5CCOCC5)nc4)cccc3c2F)CS1(=O)=O. The highest BCUT2D eigenvalue weighted by Gasteiger charge is 2.43. The van der Waals surface area contributed by atoms with E-state index in [4.69, 9.17) is 10.5 Å². The highest BCUT2D eigenvalue weighted by molar-refractivity contribution is 7.89. The van der Waals surface area contributed by atoms with Crippen molar-refractivity contribution in [1.29, 1.82) is 0 Å². The number of hydrogen-bond donors (Lipinski definition) is 1. The van der Waals surface area contributed by atoms with Gasteiger partial charge in [0.1, 0.15) is 17.2 Å². The van der Waals surface area contributed by atoms with E-state index in [1.165, 1.54) is 18.4 Å². The lowest BCUT2D eigenvalue weighted by atomic mass is 10.0. The summed E-state index contributed by atoms with van der Waals surface area (Å²) in [6.07, 6.45) is 1.79. The highest BCUT2D eigenvalue weighted by atomic mass is 32.2. The molecule has 0 saturated carbocycles. The second-order valence-corrected chi connectivity index (χ2v) is 11.4. The lowest BCUT2D eigenvalue weighted by Crippen LogP contribution is -2.50. The van der Waals surface area contributed by atoms with Crippen LogP contribution in [0.1, 0.15) is 11.8 Å². The maximum absolute atomic E-state index is 15.6. The minimum Gasteiger partial charge on any atom is -0.378 e. The molecule has 2 N–H and O–H groups in total. The Bertz CT molecular complexity index is 1350. The monoisotopic (exact) mass is 489 g/mol. The Balaban J connectivity index is 1.57. The van der Waals surface area contributed by atoms with E-state index in [0.717, 1.165) is 39.0 Å². The van der Waals surface area contributed by atoms with Crippen molar-refractivity contribution in [2.75, 3.05) is 44.0 Å². The van der Waals surface area contributed by atoms with Gasteiger partial charge in [0.25, 0.3) is 0 Å². The van der Waals surface area contributed by atoms with Crippen molar-refractivity contribution in [2.45, 2.75) is 12.5 Å². The first-order valence-electron chi connectivity index (χ1n) is 10.5. The fourth-order valence-electron chi connectivity index (χ4n) is 4.25. The standard InChI is InChI=1S/C22H24FN5O3S2/c1-22(13-33(29,30)27(2)21(24)26-22)20-18(23)16-5-3-4-15(19(16)32-20)14-6-7-17(25-12-14)28-8-10-31-11-9-28/h3-7,12H,8-11,13H2,1-2H3,(H2,24,26)/t22-/m0/s1. The molecular weight excluding hydrogens is 465 g/mol. The normalized spacial score (nSPS) is 23.1. The number of aromatic nitrogens is 1. The largest absolute Gasteiger partial charge is 0.378 e. The van der Waals surface area contributed by atoms with Gasteiger partial charge in [-0.15, -0.1) is 11.3 Å². The molecule has 0 aliphatic carbocycles. The van der Waals surface area contributed by atoms with Gasteiger partial charge in [-0.3, -0.25) is 0 Å². The number of aliphatic imine (C=N–C) groups is 1. The quantitative estimate of drug-likeness (QED) is 0.607. The van der Waals surface area contributed by atoms with Gasteiger partial charge in [0.15, 0.2) is 0 Å². The average Bonchev–Trinajstić information content (AvgIpc) is 3.15. The van der Waals surface area contributed by atoms with Crippen LogP contribution in [0.5, 0.6) is 0 Å². The van der Waals surface area contributed by atoms with Crippen LogP contribution >= 0.6 is 11.3 Å². The number of rotatable bonds is 3. The lowest BCUT2D eigenvalue weighted by molar-refractivity contribution is 0.122. The maximum atomic E-state index is 15.6. The Hall–Kier alpha value is -2.76. The molecule has 0 radical (unpaired) electrons. The van der Waals surface area contributed by atoms with Gasteiger partial charge in [0.2, 0.25) is 16.0 Å². The Kier molecular flexibility index (Phi) is 5.30. The summed E-state index contributed by atoms with van der Waals surface area (Å²) in [6, 6.07) is 9.34. The van der Waals surface area contributed by atoms with Crippen LogP contribution in [-0.4, -0.2) is 62.8 Å². The van der Waals surface area contributed by atoms with Gasteiger partial charge in [0, 0.05) is 47.5 Å². The summed E-state index contributed by atoms with van der Waals surface area (Å²) in [5.41, 5.74) is 6.25. The third-order valence-electron chi connectivity index (χ3n) is 6.10. The molecule has 11 heteroatoms. The van der Waals surface area contributed by atoms with Crippen molar-refractivity contribution in [3.8, 4) is 11.1 Å². The molecular formula is C22H24FN5O3S2. The van der Waals surface area contributed by atoms with Crippen molar-refractivity contribution in [3.05, 3.63) is 47.2 Å². The van der Waals surface area contributed by atoms with Crippen molar-refractivity contribution in [2.24, 2.45) is 10.7 Å². The fourth-order valence-corrected chi connectivity index (χ4v) is 7.09. The molecule has 33 heavy (non-hydrogen) atoms. The molecule has 3 aromatic rings. The van der Waals surface area contributed by atoms with E-state index in [1.807, 2.05) is 18.2 Å². The lowest BCUT2D eigenvalue weighted by Gasteiger charge is -2.33. The predicted octanol–water partition coefficient (Wildman–Crippen LogP) is 2.74. The Morgan fingerprint density at radius 1 is 1.21 bits per heavy atom. The van der Waals surface area contributed by atoms with Gasteiger partial charge >= 0.3 is 0 Å². The van der Waals surface area contributed by atoms with Crippen LogP contribution in [-0.2, 0) is 20.3 Å². The summed E-state index contributed by atoms with van der Waals surface area (Å²) in [5.74, 6) is -0.0927. The fraction of sp³-hybridized carbons (Fsp3) is 0.364. The summed E-state index contributed by atoms with van der Waals surface area (Å²) in [5, 5.41) is 0.427. The van der Waals surface area contributed by atoms with Gasteiger partial charge in [-0.25, -0.2) is 27.1 Å². The Morgan fingerprint density at radius 3 is 2.64 bits per heavy atom. The second-order valence-electron chi connectivity index (χ2n) is 8.40. The molecule has 1 fully saturated rings. The number of halogens is 1. The molecule has 8 nitrogen and oxygen atoms in total. The number of anilines is 1. The first-order chi connectivity index (χ1) is 15.7. The number of nitrogens with zero attached hydrogens (tertiary/aromatic N) is 4. The summed E-state index contributed by atoms with van der Waals surface area (Å²) >= 11 is 1.21. The molecule has 1 atom stereocenters. The van der Waals surface area contributed by atoms with Crippen LogP contribution in [0.25, 0.3) is 21.2 Å². The van der Waals surface area contributed by atoms with Crippen molar-refractivity contribution < 1.29 is 17.5 Å². The molecule has 174 valence electrons. The predicted molar refractivity (Wildman–Crippen MR) is 129 cm³/mol. The molecule has 0 unspecified atom stereocenters. The number of benzene rings is 1. The Labute approximate surface area is 195 Å². The molecule has 2 aliphatic heterocycles. The van der Waals surface area contributed by atoms with Crippen LogP contribution in [0, 0.1) is 5.82 Å². The maximum Gasteiger partial charge on any atom is 0.239 e. The molecule has 5 rings (SSSR count). The van der Waals surface area contributed by atoms with Gasteiger partial charge in [-0.2, -0.15) is 0 Å². The van der Waals surface area contributed by atoms with Gasteiger partial charge < -0.3 is 15.4 Å². The summed E-state index contributed by atoms with van der Waals surface area (Å²) in [7, 11) is -2.36. The van der Waals surface area contributed by atoms with E-state index in [1.54, 1.807) is 25.3 Å². The van der Waals surface area contributed by atoms with E-state index in [-0.39, 0.29) is 16.6 Å². The highest BCUT2D eigenvalue weighted by Crippen LogP contribution is 2.44. The van der Waals surface area contributed by atoms with E-state index in [2.05, 4.69) is 14.9 Å². The first-order valence-corrected chi connectivity index (χ1v) is 12.9. The molecule has 1 aromatic carbocycles. The van der Waals surface area contributed by atoms with Gasteiger partial charge in [-0.1, -0.05) is 18.2 Å². The number of hydrogen-bond acceptors (Lipinski definition) is 8. The number of pyridine rings is 1.